The first-order valence-electron chi connectivity index (χ1n) is 10.7. The molecule has 4 rings (SSSR count). The van der Waals surface area contributed by atoms with Crippen LogP contribution in [0.4, 0.5) is 26.3 Å². The number of aromatic nitrogens is 1. The second-order valence-electron chi connectivity index (χ2n) is 8.63. The van der Waals surface area contributed by atoms with Crippen LogP contribution in [-0.4, -0.2) is 60.4 Å². The summed E-state index contributed by atoms with van der Waals surface area (Å²) in [5.74, 6) is -1.04. The van der Waals surface area contributed by atoms with Gasteiger partial charge < -0.3 is 9.88 Å². The molecule has 0 saturated carbocycles. The molecule has 1 amide bonds. The number of carbonyl (C=O) groups is 1. The van der Waals surface area contributed by atoms with E-state index in [1.165, 1.54) is 0 Å². The number of benzene rings is 2. The average molecular weight is 533 g/mol. The SMILES string of the molecule is CS(=O)(=O)N1CCN(C(=O)c2cc(C(F)(F)F)cc(C(F)(F)F)c2)C(Cc2c[nH]c3ccccc23)C1. The maximum absolute atomic E-state index is 13.3. The molecule has 1 unspecified atom stereocenters. The molecule has 1 atom stereocenters. The maximum Gasteiger partial charge on any atom is 0.416 e. The number of aromatic amines is 1. The largest absolute Gasteiger partial charge is 0.416 e. The number of H-pyrrole nitrogens is 1. The van der Waals surface area contributed by atoms with Crippen molar-refractivity contribution in [3.05, 3.63) is 70.9 Å². The van der Waals surface area contributed by atoms with Crippen molar-refractivity contribution in [2.24, 2.45) is 0 Å². The van der Waals surface area contributed by atoms with Crippen molar-refractivity contribution in [3.63, 3.8) is 0 Å². The van der Waals surface area contributed by atoms with Gasteiger partial charge in [-0.05, 0) is 36.2 Å². The van der Waals surface area contributed by atoms with Crippen LogP contribution in [0.15, 0.2) is 48.7 Å². The highest BCUT2D eigenvalue weighted by atomic mass is 32.2. The highest BCUT2D eigenvalue weighted by Crippen LogP contribution is 2.37. The number of para-hydroxylation sites is 1. The van der Waals surface area contributed by atoms with Gasteiger partial charge in [-0.15, -0.1) is 0 Å². The molecule has 36 heavy (non-hydrogen) atoms. The van der Waals surface area contributed by atoms with Crippen LogP contribution in [0.25, 0.3) is 10.9 Å². The fourth-order valence-corrected chi connectivity index (χ4v) is 5.22. The normalized spacial score (nSPS) is 18.1. The fraction of sp³-hybridized carbons (Fsp3) is 0.348. The third kappa shape index (κ3) is 5.36. The summed E-state index contributed by atoms with van der Waals surface area (Å²) in [5, 5.41) is 0.805. The smallest absolute Gasteiger partial charge is 0.361 e. The summed E-state index contributed by atoms with van der Waals surface area (Å²) in [5.41, 5.74) is -2.45. The highest BCUT2D eigenvalue weighted by Gasteiger charge is 2.40. The summed E-state index contributed by atoms with van der Waals surface area (Å²) in [6.07, 6.45) is -7.40. The van der Waals surface area contributed by atoms with Gasteiger partial charge in [-0.2, -0.15) is 30.6 Å². The molecule has 1 aliphatic rings. The Labute approximate surface area is 202 Å². The minimum absolute atomic E-state index is 0.0399. The lowest BCUT2D eigenvalue weighted by Gasteiger charge is -2.40. The molecule has 0 spiro atoms. The number of carbonyl (C=O) groups excluding carboxylic acids is 1. The van der Waals surface area contributed by atoms with Crippen LogP contribution in [0.5, 0.6) is 0 Å². The number of piperazine rings is 1. The van der Waals surface area contributed by atoms with Crippen LogP contribution in [0.3, 0.4) is 0 Å². The minimum atomic E-state index is -5.10. The Hall–Kier alpha value is -3.06. The molecule has 0 radical (unpaired) electrons. The zero-order chi connectivity index (χ0) is 26.5. The number of alkyl halides is 6. The van der Waals surface area contributed by atoms with Gasteiger partial charge in [0.1, 0.15) is 0 Å². The van der Waals surface area contributed by atoms with Gasteiger partial charge in [0.15, 0.2) is 0 Å². The Morgan fingerprint density at radius 2 is 1.61 bits per heavy atom. The number of nitrogens with zero attached hydrogens (tertiary/aromatic N) is 2. The quantitative estimate of drug-likeness (QED) is 0.501. The number of hydrogen-bond acceptors (Lipinski definition) is 3. The lowest BCUT2D eigenvalue weighted by atomic mass is 9.99. The molecule has 6 nitrogen and oxygen atoms in total. The summed E-state index contributed by atoms with van der Waals surface area (Å²) in [6.45, 7) is -0.494. The van der Waals surface area contributed by atoms with Crippen molar-refractivity contribution in [3.8, 4) is 0 Å². The van der Waals surface area contributed by atoms with Gasteiger partial charge in [0.2, 0.25) is 10.0 Å². The van der Waals surface area contributed by atoms with Crippen molar-refractivity contribution in [2.45, 2.75) is 24.8 Å². The topological polar surface area (TPSA) is 73.5 Å². The summed E-state index contributed by atoms with van der Waals surface area (Å²) in [6, 6.07) is 7.13. The van der Waals surface area contributed by atoms with Crippen molar-refractivity contribution < 1.29 is 39.6 Å². The zero-order valence-corrected chi connectivity index (χ0v) is 19.6. The molecule has 2 heterocycles. The number of halogens is 6. The van der Waals surface area contributed by atoms with Crippen LogP contribution in [-0.2, 0) is 28.8 Å². The van der Waals surface area contributed by atoms with E-state index in [1.54, 1.807) is 18.3 Å². The number of amides is 1. The Morgan fingerprint density at radius 1 is 1.00 bits per heavy atom. The predicted octanol–water partition coefficient (Wildman–Crippen LogP) is 4.53. The molecule has 2 aromatic carbocycles. The van der Waals surface area contributed by atoms with Crippen molar-refractivity contribution in [1.82, 2.24) is 14.2 Å². The third-order valence-corrected chi connectivity index (χ3v) is 7.41. The zero-order valence-electron chi connectivity index (χ0n) is 18.8. The van der Waals surface area contributed by atoms with Gasteiger partial charge in [0.05, 0.1) is 17.4 Å². The molecule has 194 valence electrons. The van der Waals surface area contributed by atoms with E-state index in [2.05, 4.69) is 4.98 Å². The Morgan fingerprint density at radius 3 is 2.19 bits per heavy atom. The Kier molecular flexibility index (Phi) is 6.58. The van der Waals surface area contributed by atoms with Gasteiger partial charge in [0.25, 0.3) is 5.91 Å². The molecule has 1 fully saturated rings. The van der Waals surface area contributed by atoms with E-state index in [-0.39, 0.29) is 32.1 Å². The van der Waals surface area contributed by atoms with Gasteiger partial charge in [-0.3, -0.25) is 4.79 Å². The maximum atomic E-state index is 13.3. The first-order chi connectivity index (χ1) is 16.6. The van der Waals surface area contributed by atoms with E-state index in [4.69, 9.17) is 0 Å². The first kappa shape index (κ1) is 26.0. The monoisotopic (exact) mass is 533 g/mol. The van der Waals surface area contributed by atoms with E-state index >= 15 is 0 Å². The average Bonchev–Trinajstić information content (AvgIpc) is 3.19. The number of nitrogens with one attached hydrogen (secondary N) is 1. The molecule has 1 aromatic heterocycles. The fourth-order valence-electron chi connectivity index (χ4n) is 4.37. The second kappa shape index (κ2) is 9.11. The van der Waals surface area contributed by atoms with Gasteiger partial charge in [-0.25, -0.2) is 8.42 Å². The van der Waals surface area contributed by atoms with E-state index in [0.29, 0.717) is 12.1 Å². The molecule has 13 heteroatoms. The third-order valence-electron chi connectivity index (χ3n) is 6.14. The Balaban J connectivity index is 1.74. The standard InChI is InChI=1S/C23H21F6N3O3S/c1-36(34,35)31-6-7-32(18(13-31)10-15-12-30-20-5-3-2-4-19(15)20)21(33)14-8-16(22(24,25)26)11-17(9-14)23(27,28)29/h2-5,8-9,11-12,18,30H,6-7,10,13H2,1H3. The lowest BCUT2D eigenvalue weighted by Crippen LogP contribution is -2.57. The highest BCUT2D eigenvalue weighted by molar-refractivity contribution is 7.88. The molecule has 1 N–H and O–H groups in total. The lowest BCUT2D eigenvalue weighted by molar-refractivity contribution is -0.143. The van der Waals surface area contributed by atoms with E-state index in [9.17, 15) is 39.6 Å². The molecule has 0 bridgehead atoms. The van der Waals surface area contributed by atoms with Crippen LogP contribution < -0.4 is 0 Å². The van der Waals surface area contributed by atoms with Crippen molar-refractivity contribution >= 4 is 26.8 Å². The summed E-state index contributed by atoms with van der Waals surface area (Å²) >= 11 is 0. The summed E-state index contributed by atoms with van der Waals surface area (Å²) in [4.78, 5) is 17.5. The van der Waals surface area contributed by atoms with E-state index in [0.717, 1.165) is 31.9 Å². The molecular weight excluding hydrogens is 512 g/mol. The molecule has 1 saturated heterocycles. The van der Waals surface area contributed by atoms with Gasteiger partial charge in [0, 0.05) is 48.3 Å². The van der Waals surface area contributed by atoms with Crippen molar-refractivity contribution in [1.29, 1.82) is 0 Å². The van der Waals surface area contributed by atoms with Gasteiger partial charge in [-0.1, -0.05) is 18.2 Å². The van der Waals surface area contributed by atoms with Crippen LogP contribution in [0, 0.1) is 0 Å². The first-order valence-corrected chi connectivity index (χ1v) is 12.6. The molecule has 3 aromatic rings. The van der Waals surface area contributed by atoms with Gasteiger partial charge >= 0.3 is 12.4 Å². The number of sulfonamides is 1. The van der Waals surface area contributed by atoms with Crippen LogP contribution in [0.2, 0.25) is 0 Å². The molecular formula is C23H21F6N3O3S. The van der Waals surface area contributed by atoms with Crippen LogP contribution >= 0.6 is 0 Å². The van der Waals surface area contributed by atoms with Crippen molar-refractivity contribution in [2.75, 3.05) is 25.9 Å². The Bertz CT molecular complexity index is 1370. The van der Waals surface area contributed by atoms with Crippen LogP contribution in [0.1, 0.15) is 27.0 Å². The number of fused-ring (bicyclic) bond motifs is 1. The van der Waals surface area contributed by atoms with E-state index in [1.807, 2.05) is 12.1 Å². The molecule has 1 aliphatic heterocycles. The number of rotatable bonds is 4. The second-order valence-corrected chi connectivity index (χ2v) is 10.6. The summed E-state index contributed by atoms with van der Waals surface area (Å²) < 4.78 is 105. The summed E-state index contributed by atoms with van der Waals surface area (Å²) in [7, 11) is -3.66. The minimum Gasteiger partial charge on any atom is -0.361 e. The van der Waals surface area contributed by atoms with E-state index < -0.39 is 51.0 Å². The number of hydrogen-bond donors (Lipinski definition) is 1. The molecule has 0 aliphatic carbocycles. The predicted molar refractivity (Wildman–Crippen MR) is 120 cm³/mol.